The molecule has 0 spiro atoms. The maximum absolute atomic E-state index is 11.5. The highest BCUT2D eigenvalue weighted by Crippen LogP contribution is 2.36. The maximum Gasteiger partial charge on any atom is 0.239 e. The van der Waals surface area contributed by atoms with Crippen molar-refractivity contribution in [1.29, 1.82) is 0 Å². The van der Waals surface area contributed by atoms with Crippen molar-refractivity contribution in [3.63, 3.8) is 0 Å². The van der Waals surface area contributed by atoms with Gasteiger partial charge in [-0.15, -0.1) is 0 Å². The van der Waals surface area contributed by atoms with E-state index in [0.29, 0.717) is 0 Å². The number of nitrogens with two attached hydrogens (primary N) is 1. The zero-order valence-electron chi connectivity index (χ0n) is 11.4. The molecular formula is C14H14ClN3O2S2. The third-order valence-electron chi connectivity index (χ3n) is 3.26. The lowest BCUT2D eigenvalue weighted by molar-refractivity contribution is 0.597. The van der Waals surface area contributed by atoms with Crippen molar-refractivity contribution in [3.05, 3.63) is 53.1 Å². The maximum atomic E-state index is 11.5. The molecule has 0 saturated heterocycles. The number of halogens is 1. The Kier molecular flexibility index (Phi) is 4.33. The van der Waals surface area contributed by atoms with Crippen molar-refractivity contribution >= 4 is 39.3 Å². The summed E-state index contributed by atoms with van der Waals surface area (Å²) >= 11 is 7.39. The van der Waals surface area contributed by atoms with E-state index in [1.54, 1.807) is 6.07 Å². The van der Waals surface area contributed by atoms with E-state index in [1.165, 1.54) is 23.6 Å². The predicted octanol–water partition coefficient (Wildman–Crippen LogP) is 2.58. The van der Waals surface area contributed by atoms with Crippen LogP contribution < -0.4 is 15.2 Å². The first kappa shape index (κ1) is 15.6. The fourth-order valence-electron chi connectivity index (χ4n) is 2.24. The van der Waals surface area contributed by atoms with Gasteiger partial charge in [-0.2, -0.15) is 0 Å². The molecule has 8 heteroatoms. The van der Waals surface area contributed by atoms with E-state index in [0.717, 1.165) is 17.0 Å². The van der Waals surface area contributed by atoms with Crippen LogP contribution >= 0.6 is 23.5 Å². The van der Waals surface area contributed by atoms with Crippen LogP contribution in [0.1, 0.15) is 5.56 Å². The van der Waals surface area contributed by atoms with Crippen LogP contribution in [0.5, 0.6) is 0 Å². The van der Waals surface area contributed by atoms with Gasteiger partial charge in [0.1, 0.15) is 4.90 Å². The first-order valence-corrected chi connectivity index (χ1v) is 9.27. The number of anilines is 1. The molecule has 116 valence electrons. The van der Waals surface area contributed by atoms with Gasteiger partial charge in [-0.1, -0.05) is 41.9 Å². The van der Waals surface area contributed by atoms with Gasteiger partial charge in [0.2, 0.25) is 10.0 Å². The van der Waals surface area contributed by atoms with Crippen LogP contribution in [0.4, 0.5) is 5.69 Å². The number of nitrogens with one attached hydrogen (secondary N) is 2. The second-order valence-corrected chi connectivity index (χ2v) is 7.75. The van der Waals surface area contributed by atoms with Crippen LogP contribution in [-0.2, 0) is 16.4 Å². The molecule has 0 amide bonds. The first-order valence-electron chi connectivity index (χ1n) is 6.52. The molecule has 4 N–H and O–H groups in total. The molecule has 0 aliphatic carbocycles. The normalized spacial score (nSPS) is 17.6. The monoisotopic (exact) mass is 355 g/mol. The minimum atomic E-state index is -3.83. The van der Waals surface area contributed by atoms with Crippen LogP contribution in [-0.4, -0.2) is 14.6 Å². The molecule has 1 aliphatic rings. The topological polar surface area (TPSA) is 84.2 Å². The summed E-state index contributed by atoms with van der Waals surface area (Å²) in [5.74, 6) is 0. The van der Waals surface area contributed by atoms with Gasteiger partial charge < -0.3 is 5.32 Å². The van der Waals surface area contributed by atoms with Crippen LogP contribution in [0.2, 0.25) is 5.02 Å². The number of sulfonamides is 1. The lowest BCUT2D eigenvalue weighted by Gasteiger charge is -2.28. The molecule has 1 heterocycles. The van der Waals surface area contributed by atoms with Gasteiger partial charge in [0, 0.05) is 11.3 Å². The lowest BCUT2D eigenvalue weighted by atomic mass is 10.1. The SMILES string of the molecule is NS(=O)(=O)c1cc2c(cc1Cl)NC(Cc1ccccc1)NS2. The van der Waals surface area contributed by atoms with Crippen molar-refractivity contribution in [2.24, 2.45) is 5.14 Å². The van der Waals surface area contributed by atoms with E-state index in [2.05, 4.69) is 22.2 Å². The van der Waals surface area contributed by atoms with Crippen molar-refractivity contribution in [2.75, 3.05) is 5.32 Å². The highest BCUT2D eigenvalue weighted by molar-refractivity contribution is 7.97. The second kappa shape index (κ2) is 6.10. The Morgan fingerprint density at radius 3 is 2.64 bits per heavy atom. The second-order valence-electron chi connectivity index (χ2n) is 4.93. The third-order valence-corrected chi connectivity index (χ3v) is 5.60. The number of primary sulfonamides is 1. The summed E-state index contributed by atoms with van der Waals surface area (Å²) in [6.45, 7) is 0. The molecule has 1 unspecified atom stereocenters. The van der Waals surface area contributed by atoms with Crippen molar-refractivity contribution in [3.8, 4) is 0 Å². The minimum Gasteiger partial charge on any atom is -0.368 e. The number of hydrogen-bond acceptors (Lipinski definition) is 5. The summed E-state index contributed by atoms with van der Waals surface area (Å²) in [6, 6.07) is 13.2. The van der Waals surface area contributed by atoms with Gasteiger partial charge in [-0.3, -0.25) is 0 Å². The van der Waals surface area contributed by atoms with Crippen molar-refractivity contribution in [1.82, 2.24) is 4.72 Å². The quantitative estimate of drug-likeness (QED) is 0.737. The summed E-state index contributed by atoms with van der Waals surface area (Å²) in [6.07, 6.45) is 0.818. The van der Waals surface area contributed by atoms with E-state index in [1.807, 2.05) is 18.2 Å². The molecule has 0 saturated carbocycles. The molecule has 22 heavy (non-hydrogen) atoms. The third kappa shape index (κ3) is 3.39. The molecule has 2 aromatic rings. The van der Waals surface area contributed by atoms with Crippen molar-refractivity contribution < 1.29 is 8.42 Å². The van der Waals surface area contributed by atoms with Gasteiger partial charge in [0.25, 0.3) is 0 Å². The zero-order chi connectivity index (χ0) is 15.7. The van der Waals surface area contributed by atoms with E-state index in [-0.39, 0.29) is 16.1 Å². The number of fused-ring (bicyclic) bond motifs is 1. The Labute approximate surface area is 138 Å². The molecule has 0 bridgehead atoms. The van der Waals surface area contributed by atoms with Crippen LogP contribution in [0.15, 0.2) is 52.3 Å². The summed E-state index contributed by atoms with van der Waals surface area (Å²) in [5, 5.41) is 8.59. The first-order chi connectivity index (χ1) is 10.4. The molecule has 2 aromatic carbocycles. The van der Waals surface area contributed by atoms with Gasteiger partial charge in [0.05, 0.1) is 16.9 Å². The summed E-state index contributed by atoms with van der Waals surface area (Å²) in [4.78, 5) is 0.684. The van der Waals surface area contributed by atoms with Crippen LogP contribution in [0.3, 0.4) is 0 Å². The number of benzene rings is 2. The number of rotatable bonds is 3. The van der Waals surface area contributed by atoms with Crippen LogP contribution in [0, 0.1) is 0 Å². The van der Waals surface area contributed by atoms with Gasteiger partial charge in [0.15, 0.2) is 0 Å². The van der Waals surface area contributed by atoms with Crippen molar-refractivity contribution in [2.45, 2.75) is 22.4 Å². The predicted molar refractivity (Wildman–Crippen MR) is 89.4 cm³/mol. The van der Waals surface area contributed by atoms with E-state index < -0.39 is 10.0 Å². The van der Waals surface area contributed by atoms with E-state index in [4.69, 9.17) is 16.7 Å². The summed E-state index contributed by atoms with van der Waals surface area (Å²) < 4.78 is 26.2. The molecule has 3 rings (SSSR count). The Morgan fingerprint density at radius 1 is 1.23 bits per heavy atom. The molecule has 0 aromatic heterocycles. The average molecular weight is 356 g/mol. The smallest absolute Gasteiger partial charge is 0.239 e. The molecular weight excluding hydrogens is 342 g/mol. The fraction of sp³-hybridized carbons (Fsp3) is 0.143. The fourth-order valence-corrected chi connectivity index (χ4v) is 4.23. The highest BCUT2D eigenvalue weighted by Gasteiger charge is 2.22. The minimum absolute atomic E-state index is 0.0244. The Balaban J connectivity index is 1.83. The van der Waals surface area contributed by atoms with Gasteiger partial charge in [-0.25, -0.2) is 18.3 Å². The zero-order valence-corrected chi connectivity index (χ0v) is 13.8. The standard InChI is InChI=1S/C14H14ClN3O2S2/c15-10-7-11-12(8-13(10)22(16,19)20)21-18-14(17-11)6-9-4-2-1-3-5-9/h1-5,7-8,14,17-18H,6H2,(H2,16,19,20). The van der Waals surface area contributed by atoms with Gasteiger partial charge in [-0.05, 0) is 29.6 Å². The largest absolute Gasteiger partial charge is 0.368 e. The molecule has 5 nitrogen and oxygen atoms in total. The van der Waals surface area contributed by atoms with E-state index in [9.17, 15) is 8.42 Å². The number of hydrogen-bond donors (Lipinski definition) is 3. The Hall–Kier alpha value is -1.25. The highest BCUT2D eigenvalue weighted by atomic mass is 35.5. The molecule has 0 radical (unpaired) electrons. The summed E-state index contributed by atoms with van der Waals surface area (Å²) in [5.41, 5.74) is 1.99. The van der Waals surface area contributed by atoms with Crippen LogP contribution in [0.25, 0.3) is 0 Å². The lowest BCUT2D eigenvalue weighted by Crippen LogP contribution is -2.37. The van der Waals surface area contributed by atoms with E-state index >= 15 is 0 Å². The average Bonchev–Trinajstić information content (AvgIpc) is 2.46. The summed E-state index contributed by atoms with van der Waals surface area (Å²) in [7, 11) is -3.83. The molecule has 1 aliphatic heterocycles. The molecule has 0 fully saturated rings. The van der Waals surface area contributed by atoms with Gasteiger partial charge >= 0.3 is 0 Å². The molecule has 1 atom stereocenters. The Bertz CT molecular complexity index is 797. The Morgan fingerprint density at radius 2 is 1.95 bits per heavy atom.